The Kier molecular flexibility index (Phi) is 5.49. The minimum atomic E-state index is -3.58. The minimum absolute atomic E-state index is 0.0844. The van der Waals surface area contributed by atoms with Crippen LogP contribution in [0, 0.1) is 13.8 Å². The van der Waals surface area contributed by atoms with E-state index in [2.05, 4.69) is 4.98 Å². The Hall–Kier alpha value is -2.90. The number of H-pyrrole nitrogens is 1. The zero-order chi connectivity index (χ0) is 21.3. The zero-order valence-corrected chi connectivity index (χ0v) is 17.9. The number of hydrogen-bond donors (Lipinski definition) is 1. The van der Waals surface area contributed by atoms with Crippen molar-refractivity contribution in [2.45, 2.75) is 18.7 Å². The van der Waals surface area contributed by atoms with Crippen molar-refractivity contribution in [1.29, 1.82) is 0 Å². The first-order valence-electron chi connectivity index (χ1n) is 9.97. The molecule has 6 nitrogen and oxygen atoms in total. The van der Waals surface area contributed by atoms with Crippen molar-refractivity contribution in [2.75, 3.05) is 26.2 Å². The molecule has 0 unspecified atom stereocenters. The van der Waals surface area contributed by atoms with Gasteiger partial charge in [-0.15, -0.1) is 0 Å². The summed E-state index contributed by atoms with van der Waals surface area (Å²) in [5, 5.41) is 0. The molecule has 0 spiro atoms. The lowest BCUT2D eigenvalue weighted by molar-refractivity contribution is 0.0699. The molecule has 0 aliphatic carbocycles. The fourth-order valence-electron chi connectivity index (χ4n) is 3.82. The highest BCUT2D eigenvalue weighted by Gasteiger charge is 2.32. The summed E-state index contributed by atoms with van der Waals surface area (Å²) in [5.74, 6) is -0.0844. The summed E-state index contributed by atoms with van der Waals surface area (Å²) >= 11 is 0. The van der Waals surface area contributed by atoms with Gasteiger partial charge in [0.2, 0.25) is 10.0 Å². The molecule has 1 aliphatic heterocycles. The molecule has 0 saturated carbocycles. The van der Waals surface area contributed by atoms with E-state index in [0.717, 1.165) is 22.3 Å². The quantitative estimate of drug-likeness (QED) is 0.699. The Bertz CT molecular complexity index is 1160. The van der Waals surface area contributed by atoms with Gasteiger partial charge in [0.1, 0.15) is 0 Å². The summed E-state index contributed by atoms with van der Waals surface area (Å²) in [4.78, 5) is 18.2. The molecule has 156 valence electrons. The van der Waals surface area contributed by atoms with Gasteiger partial charge in [-0.1, -0.05) is 42.5 Å². The lowest BCUT2D eigenvalue weighted by Gasteiger charge is -2.34. The van der Waals surface area contributed by atoms with Crippen molar-refractivity contribution < 1.29 is 13.2 Å². The molecule has 3 aromatic rings. The molecule has 1 fully saturated rings. The van der Waals surface area contributed by atoms with Crippen LogP contribution in [0.3, 0.4) is 0 Å². The highest BCUT2D eigenvalue weighted by molar-refractivity contribution is 7.89. The van der Waals surface area contributed by atoms with Crippen LogP contribution in [0.2, 0.25) is 0 Å². The molecule has 1 N–H and O–H groups in total. The highest BCUT2D eigenvalue weighted by atomic mass is 32.2. The second-order valence-electron chi connectivity index (χ2n) is 7.61. The molecule has 2 heterocycles. The van der Waals surface area contributed by atoms with E-state index < -0.39 is 10.0 Å². The van der Waals surface area contributed by atoms with Gasteiger partial charge in [-0.3, -0.25) is 4.79 Å². The normalized spacial score (nSPS) is 15.3. The summed E-state index contributed by atoms with van der Waals surface area (Å²) in [7, 11) is -3.58. The maximum absolute atomic E-state index is 13.1. The average molecular weight is 424 g/mol. The number of aromatic amines is 1. The fraction of sp³-hybridized carbons (Fsp3) is 0.261. The number of carbonyl (C=O) groups is 1. The number of amides is 1. The molecule has 1 saturated heterocycles. The molecule has 2 aromatic carbocycles. The predicted molar refractivity (Wildman–Crippen MR) is 117 cm³/mol. The molecule has 0 bridgehead atoms. The molecule has 7 heteroatoms. The van der Waals surface area contributed by atoms with Crippen molar-refractivity contribution in [2.24, 2.45) is 0 Å². The number of nitrogens with zero attached hydrogens (tertiary/aromatic N) is 2. The first-order valence-corrected chi connectivity index (χ1v) is 11.4. The third kappa shape index (κ3) is 3.78. The number of piperazine rings is 1. The van der Waals surface area contributed by atoms with Crippen molar-refractivity contribution in [3.8, 4) is 11.1 Å². The molecule has 0 atom stereocenters. The van der Waals surface area contributed by atoms with E-state index in [1.54, 1.807) is 17.2 Å². The SMILES string of the molecule is Cc1ccc(C)c(S(=O)(=O)N2CCN(C(=O)c3c[nH]cc3-c3ccccc3)CC2)c1. The Morgan fingerprint density at radius 3 is 2.33 bits per heavy atom. The monoisotopic (exact) mass is 423 g/mol. The van der Waals surface area contributed by atoms with E-state index >= 15 is 0 Å². The van der Waals surface area contributed by atoms with Gasteiger partial charge >= 0.3 is 0 Å². The van der Waals surface area contributed by atoms with E-state index in [-0.39, 0.29) is 19.0 Å². The second kappa shape index (κ2) is 8.08. The van der Waals surface area contributed by atoms with Crippen LogP contribution in [-0.4, -0.2) is 54.7 Å². The number of aromatic nitrogens is 1. The van der Waals surface area contributed by atoms with Crippen LogP contribution in [0.1, 0.15) is 21.5 Å². The predicted octanol–water partition coefficient (Wildman–Crippen LogP) is 3.45. The summed E-state index contributed by atoms with van der Waals surface area (Å²) in [6, 6.07) is 15.2. The van der Waals surface area contributed by atoms with Crippen LogP contribution in [0.5, 0.6) is 0 Å². The number of aryl methyl sites for hydroxylation is 2. The summed E-state index contributed by atoms with van der Waals surface area (Å²) in [5.41, 5.74) is 4.07. The van der Waals surface area contributed by atoms with Crippen LogP contribution in [-0.2, 0) is 10.0 Å². The van der Waals surface area contributed by atoms with E-state index in [0.29, 0.717) is 23.5 Å². The number of rotatable bonds is 4. The third-order valence-electron chi connectivity index (χ3n) is 5.55. The number of sulfonamides is 1. The second-order valence-corrected chi connectivity index (χ2v) is 9.52. The lowest BCUT2D eigenvalue weighted by atomic mass is 10.0. The van der Waals surface area contributed by atoms with Gasteiger partial charge in [-0.05, 0) is 36.6 Å². The Balaban J connectivity index is 1.50. The van der Waals surface area contributed by atoms with Crippen LogP contribution in [0.15, 0.2) is 65.8 Å². The third-order valence-corrected chi connectivity index (χ3v) is 7.59. The van der Waals surface area contributed by atoms with Gasteiger partial charge in [0, 0.05) is 44.1 Å². The van der Waals surface area contributed by atoms with Crippen molar-refractivity contribution >= 4 is 15.9 Å². The largest absolute Gasteiger partial charge is 0.366 e. The van der Waals surface area contributed by atoms with E-state index in [1.807, 2.05) is 62.5 Å². The summed E-state index contributed by atoms with van der Waals surface area (Å²) in [6.07, 6.45) is 3.54. The smallest absolute Gasteiger partial charge is 0.256 e. The molecule has 1 amide bonds. The Labute approximate surface area is 177 Å². The first kappa shape index (κ1) is 20.4. The molecule has 4 rings (SSSR count). The number of nitrogens with one attached hydrogen (secondary N) is 1. The van der Waals surface area contributed by atoms with Crippen molar-refractivity contribution in [3.05, 3.63) is 77.6 Å². The summed E-state index contributed by atoms with van der Waals surface area (Å²) in [6.45, 7) is 4.99. The lowest BCUT2D eigenvalue weighted by Crippen LogP contribution is -2.50. The minimum Gasteiger partial charge on any atom is -0.366 e. The van der Waals surface area contributed by atoms with Gasteiger partial charge in [0.05, 0.1) is 10.5 Å². The molecule has 1 aliphatic rings. The van der Waals surface area contributed by atoms with Gasteiger partial charge in [0.25, 0.3) is 5.91 Å². The zero-order valence-electron chi connectivity index (χ0n) is 17.1. The van der Waals surface area contributed by atoms with E-state index in [1.165, 1.54) is 4.31 Å². The van der Waals surface area contributed by atoms with Crippen molar-refractivity contribution in [3.63, 3.8) is 0 Å². The van der Waals surface area contributed by atoms with Crippen LogP contribution in [0.25, 0.3) is 11.1 Å². The number of benzene rings is 2. The number of hydrogen-bond acceptors (Lipinski definition) is 3. The maximum Gasteiger partial charge on any atom is 0.256 e. The standard InChI is InChI=1S/C23H25N3O3S/c1-17-8-9-18(2)22(14-17)30(28,29)26-12-10-25(11-13-26)23(27)21-16-24-15-20(21)19-6-4-3-5-7-19/h3-9,14-16,24H,10-13H2,1-2H3. The highest BCUT2D eigenvalue weighted by Crippen LogP contribution is 2.26. The molecular weight excluding hydrogens is 398 g/mol. The maximum atomic E-state index is 13.1. The molecule has 30 heavy (non-hydrogen) atoms. The van der Waals surface area contributed by atoms with Crippen molar-refractivity contribution in [1.82, 2.24) is 14.2 Å². The molecule has 0 radical (unpaired) electrons. The Morgan fingerprint density at radius 2 is 1.63 bits per heavy atom. The summed E-state index contributed by atoms with van der Waals surface area (Å²) < 4.78 is 27.7. The molecule has 1 aromatic heterocycles. The van der Waals surface area contributed by atoms with Crippen LogP contribution >= 0.6 is 0 Å². The number of carbonyl (C=O) groups excluding carboxylic acids is 1. The average Bonchev–Trinajstić information content (AvgIpc) is 3.25. The van der Waals surface area contributed by atoms with Crippen LogP contribution < -0.4 is 0 Å². The molecular formula is C23H25N3O3S. The van der Waals surface area contributed by atoms with E-state index in [4.69, 9.17) is 0 Å². The topological polar surface area (TPSA) is 73.5 Å². The van der Waals surface area contributed by atoms with Gasteiger partial charge in [-0.25, -0.2) is 8.42 Å². The Morgan fingerprint density at radius 1 is 0.933 bits per heavy atom. The van der Waals surface area contributed by atoms with E-state index in [9.17, 15) is 13.2 Å². The van der Waals surface area contributed by atoms with Gasteiger partial charge < -0.3 is 9.88 Å². The fourth-order valence-corrected chi connectivity index (χ4v) is 5.56. The van der Waals surface area contributed by atoms with Crippen LogP contribution in [0.4, 0.5) is 0 Å². The first-order chi connectivity index (χ1) is 14.4. The van der Waals surface area contributed by atoms with Gasteiger partial charge in [-0.2, -0.15) is 4.31 Å². The van der Waals surface area contributed by atoms with Gasteiger partial charge in [0.15, 0.2) is 0 Å².